The molecule has 0 bridgehead atoms. The van der Waals surface area contributed by atoms with Gasteiger partial charge in [0, 0.05) is 60.8 Å². The predicted octanol–water partition coefficient (Wildman–Crippen LogP) is 4.08. The summed E-state index contributed by atoms with van der Waals surface area (Å²) in [4.78, 5) is 8.40. The molecule has 3 heterocycles. The van der Waals surface area contributed by atoms with E-state index in [0.717, 1.165) is 67.1 Å². The number of piperidine rings is 2. The number of nitrogens with zero attached hydrogens (tertiary/aromatic N) is 2. The minimum atomic E-state index is -1.08. The second-order valence-corrected chi connectivity index (χ2v) is 11.2. The summed E-state index contributed by atoms with van der Waals surface area (Å²) in [5.74, 6) is 2.72. The molecule has 0 amide bonds. The summed E-state index contributed by atoms with van der Waals surface area (Å²) < 4.78 is 26.3. The van der Waals surface area contributed by atoms with E-state index in [0.29, 0.717) is 31.3 Å². The molecular weight excluding hydrogens is 451 g/mol. The van der Waals surface area contributed by atoms with Crippen LogP contribution < -0.4 is 20.1 Å². The molecule has 8 heteroatoms. The van der Waals surface area contributed by atoms with Crippen molar-refractivity contribution in [3.8, 4) is 22.1 Å². The van der Waals surface area contributed by atoms with E-state index in [2.05, 4.69) is 20.5 Å². The summed E-state index contributed by atoms with van der Waals surface area (Å²) in [6.45, 7) is 5.65. The third-order valence-electron chi connectivity index (χ3n) is 7.69. The Morgan fingerprint density at radius 3 is 2.53 bits per heavy atom. The predicted molar refractivity (Wildman–Crippen MR) is 135 cm³/mol. The molecule has 3 fully saturated rings. The lowest BCUT2D eigenvalue weighted by Gasteiger charge is -2.38. The zero-order valence-electron chi connectivity index (χ0n) is 20.3. The van der Waals surface area contributed by atoms with Gasteiger partial charge in [0.25, 0.3) is 0 Å². The number of rotatable bonds is 9. The van der Waals surface area contributed by atoms with Gasteiger partial charge in [0.1, 0.15) is 22.2 Å². The highest BCUT2D eigenvalue weighted by atomic mass is 32.1. The van der Waals surface area contributed by atoms with Crippen LogP contribution in [0.3, 0.4) is 0 Å². The van der Waals surface area contributed by atoms with Crippen molar-refractivity contribution in [2.24, 2.45) is 5.92 Å². The fraction of sp³-hybridized carbons (Fsp3) is 0.654. The molecule has 34 heavy (non-hydrogen) atoms. The van der Waals surface area contributed by atoms with E-state index < -0.39 is 5.67 Å². The highest BCUT2D eigenvalue weighted by Gasteiger charge is 2.42. The van der Waals surface area contributed by atoms with Crippen LogP contribution in [-0.2, 0) is 0 Å². The smallest absolute Gasteiger partial charge is 0.125 e. The van der Waals surface area contributed by atoms with Crippen LogP contribution in [0.1, 0.15) is 42.9 Å². The molecule has 1 saturated carbocycles. The SMILES string of the molecule is COc1cc(OC)cc(-c2ncc(C3CC3NCC3(F)CCN(CC4CCNCC4)CC3)s2)c1. The molecular formula is C26H37FN4O2S. The number of ether oxygens (including phenoxy) is 2. The topological polar surface area (TPSA) is 58.7 Å². The highest BCUT2D eigenvalue weighted by Crippen LogP contribution is 2.45. The highest BCUT2D eigenvalue weighted by molar-refractivity contribution is 7.15. The van der Waals surface area contributed by atoms with Gasteiger partial charge in [0.15, 0.2) is 0 Å². The van der Waals surface area contributed by atoms with Gasteiger partial charge in [-0.25, -0.2) is 9.37 Å². The Kier molecular flexibility index (Phi) is 7.39. The molecule has 2 atom stereocenters. The zero-order chi connectivity index (χ0) is 23.5. The van der Waals surface area contributed by atoms with E-state index in [9.17, 15) is 0 Å². The number of hydrogen-bond acceptors (Lipinski definition) is 7. The molecule has 1 aromatic carbocycles. The minimum Gasteiger partial charge on any atom is -0.497 e. The van der Waals surface area contributed by atoms with Crippen LogP contribution in [0.4, 0.5) is 4.39 Å². The van der Waals surface area contributed by atoms with Gasteiger partial charge in [0.2, 0.25) is 0 Å². The Balaban J connectivity index is 1.10. The average molecular weight is 489 g/mol. The second kappa shape index (κ2) is 10.5. The van der Waals surface area contributed by atoms with E-state index in [1.807, 2.05) is 24.4 Å². The molecule has 5 rings (SSSR count). The summed E-state index contributed by atoms with van der Waals surface area (Å²) in [5, 5.41) is 7.93. The van der Waals surface area contributed by atoms with Crippen LogP contribution in [-0.4, -0.2) is 75.1 Å². The zero-order valence-corrected chi connectivity index (χ0v) is 21.1. The quantitative estimate of drug-likeness (QED) is 0.555. The molecule has 1 aromatic heterocycles. The Hall–Kier alpha value is -1.74. The van der Waals surface area contributed by atoms with Gasteiger partial charge in [-0.1, -0.05) is 0 Å². The molecule has 2 aliphatic heterocycles. The van der Waals surface area contributed by atoms with Gasteiger partial charge in [0.05, 0.1) is 14.2 Å². The lowest BCUT2D eigenvalue weighted by molar-refractivity contribution is 0.0484. The molecule has 186 valence electrons. The number of aromatic nitrogens is 1. The van der Waals surface area contributed by atoms with Crippen molar-refractivity contribution in [3.63, 3.8) is 0 Å². The molecule has 0 spiro atoms. The van der Waals surface area contributed by atoms with Gasteiger partial charge < -0.3 is 25.0 Å². The van der Waals surface area contributed by atoms with Gasteiger partial charge >= 0.3 is 0 Å². The molecule has 1 aliphatic carbocycles. The Morgan fingerprint density at radius 1 is 1.15 bits per heavy atom. The van der Waals surface area contributed by atoms with Crippen LogP contribution in [0.25, 0.3) is 10.6 Å². The number of hydrogen-bond donors (Lipinski definition) is 2. The second-order valence-electron chi connectivity index (χ2n) is 10.1. The summed E-state index contributed by atoms with van der Waals surface area (Å²) in [5.41, 5.74) is -0.0788. The maximum absolute atomic E-state index is 15.5. The summed E-state index contributed by atoms with van der Waals surface area (Å²) in [6, 6.07) is 6.19. The molecule has 2 aromatic rings. The molecule has 3 aliphatic rings. The van der Waals surface area contributed by atoms with E-state index in [4.69, 9.17) is 9.47 Å². The van der Waals surface area contributed by atoms with Crippen molar-refractivity contribution in [1.82, 2.24) is 20.5 Å². The number of benzene rings is 1. The average Bonchev–Trinajstić information content (AvgIpc) is 3.49. The summed E-state index contributed by atoms with van der Waals surface area (Å²) in [7, 11) is 3.31. The lowest BCUT2D eigenvalue weighted by Crippen LogP contribution is -2.49. The van der Waals surface area contributed by atoms with Crippen molar-refractivity contribution < 1.29 is 13.9 Å². The van der Waals surface area contributed by atoms with Crippen LogP contribution in [0.2, 0.25) is 0 Å². The monoisotopic (exact) mass is 488 g/mol. The number of alkyl halides is 1. The van der Waals surface area contributed by atoms with Crippen molar-refractivity contribution in [3.05, 3.63) is 29.3 Å². The van der Waals surface area contributed by atoms with Crippen molar-refractivity contribution >= 4 is 11.3 Å². The first-order valence-corrected chi connectivity index (χ1v) is 13.4. The van der Waals surface area contributed by atoms with Crippen LogP contribution in [0.15, 0.2) is 24.4 Å². The van der Waals surface area contributed by atoms with Gasteiger partial charge in [-0.2, -0.15) is 0 Å². The number of methoxy groups -OCH3 is 2. The van der Waals surface area contributed by atoms with Crippen molar-refractivity contribution in [2.45, 2.75) is 49.7 Å². The van der Waals surface area contributed by atoms with Crippen LogP contribution in [0.5, 0.6) is 11.5 Å². The first-order chi connectivity index (χ1) is 16.5. The fourth-order valence-corrected chi connectivity index (χ4v) is 6.40. The first kappa shape index (κ1) is 24.0. The molecule has 2 unspecified atom stereocenters. The summed E-state index contributed by atoms with van der Waals surface area (Å²) >= 11 is 1.71. The first-order valence-electron chi connectivity index (χ1n) is 12.6. The van der Waals surface area contributed by atoms with E-state index in [1.54, 1.807) is 25.6 Å². The molecule has 0 radical (unpaired) electrons. The third-order valence-corrected chi connectivity index (χ3v) is 8.86. The van der Waals surface area contributed by atoms with E-state index in [1.165, 1.54) is 17.7 Å². The minimum absolute atomic E-state index is 0.355. The van der Waals surface area contributed by atoms with Gasteiger partial charge in [-0.15, -0.1) is 11.3 Å². The number of likely N-dealkylation sites (tertiary alicyclic amines) is 1. The maximum Gasteiger partial charge on any atom is 0.125 e. The molecule has 6 nitrogen and oxygen atoms in total. The van der Waals surface area contributed by atoms with Gasteiger partial charge in [-0.3, -0.25) is 0 Å². The normalized spacial score (nSPS) is 25.3. The largest absolute Gasteiger partial charge is 0.497 e. The standard InChI is InChI=1S/C26H37FN4O2S/c1-32-20-11-19(12-21(13-20)33-2)25-29-15-24(34-25)22-14-23(22)30-17-26(27)5-9-31(10-6-26)16-18-3-7-28-8-4-18/h11-13,15,18,22-23,28,30H,3-10,14,16-17H2,1-2H3. The van der Waals surface area contributed by atoms with Crippen LogP contribution >= 0.6 is 11.3 Å². The summed E-state index contributed by atoms with van der Waals surface area (Å²) in [6.07, 6.45) is 6.83. The number of thiazole rings is 1. The molecule has 2 N–H and O–H groups in total. The maximum atomic E-state index is 15.5. The Morgan fingerprint density at radius 2 is 1.85 bits per heavy atom. The number of halogens is 1. The molecule has 2 saturated heterocycles. The Bertz CT molecular complexity index is 934. The lowest BCUT2D eigenvalue weighted by atomic mass is 9.91. The Labute approximate surface area is 206 Å². The fourth-order valence-electron chi connectivity index (χ4n) is 5.31. The van der Waals surface area contributed by atoms with E-state index >= 15 is 4.39 Å². The van der Waals surface area contributed by atoms with E-state index in [-0.39, 0.29) is 0 Å². The van der Waals surface area contributed by atoms with Crippen molar-refractivity contribution in [1.29, 1.82) is 0 Å². The third kappa shape index (κ3) is 5.73. The number of nitrogens with one attached hydrogen (secondary N) is 2. The van der Waals surface area contributed by atoms with Gasteiger partial charge in [-0.05, 0) is 63.2 Å². The van der Waals surface area contributed by atoms with Crippen LogP contribution in [0, 0.1) is 5.92 Å². The van der Waals surface area contributed by atoms with Crippen molar-refractivity contribution in [2.75, 3.05) is 53.5 Å².